The van der Waals surface area contributed by atoms with Gasteiger partial charge >= 0.3 is 5.97 Å². The van der Waals surface area contributed by atoms with Crippen LogP contribution in [0.2, 0.25) is 0 Å². The van der Waals surface area contributed by atoms with Crippen LogP contribution in [-0.2, 0) is 9.53 Å². The van der Waals surface area contributed by atoms with Gasteiger partial charge in [0.05, 0.1) is 19.2 Å². The number of benzene rings is 2. The highest BCUT2D eigenvalue weighted by atomic mass is 16.5. The third-order valence-corrected chi connectivity index (χ3v) is 3.68. The summed E-state index contributed by atoms with van der Waals surface area (Å²) in [7, 11) is 1.38. The zero-order chi connectivity index (χ0) is 17.5. The molecule has 1 heterocycles. The number of nitrogens with one attached hydrogen (secondary N) is 1. The van der Waals surface area contributed by atoms with Crippen LogP contribution in [0.25, 0.3) is 10.9 Å². The lowest BCUT2D eigenvalue weighted by molar-refractivity contribution is -0.140. The summed E-state index contributed by atoms with van der Waals surface area (Å²) in [6, 6.07) is 15.4. The van der Waals surface area contributed by atoms with Crippen LogP contribution in [0.3, 0.4) is 0 Å². The summed E-state index contributed by atoms with van der Waals surface area (Å²) in [5, 5.41) is 4.26. The minimum Gasteiger partial charge on any atom is -0.494 e. The molecule has 0 bridgehead atoms. The molecule has 3 rings (SSSR count). The van der Waals surface area contributed by atoms with E-state index in [-0.39, 0.29) is 5.97 Å². The van der Waals surface area contributed by atoms with Gasteiger partial charge in [-0.25, -0.2) is 9.97 Å². The van der Waals surface area contributed by atoms with Crippen molar-refractivity contribution in [2.75, 3.05) is 19.0 Å². The van der Waals surface area contributed by atoms with Crippen molar-refractivity contribution in [3.05, 3.63) is 54.9 Å². The van der Waals surface area contributed by atoms with Crippen LogP contribution < -0.4 is 10.1 Å². The van der Waals surface area contributed by atoms with Gasteiger partial charge in [0.25, 0.3) is 0 Å². The molecule has 0 unspecified atom stereocenters. The highest BCUT2D eigenvalue weighted by Gasteiger charge is 2.04. The molecule has 6 heteroatoms. The molecule has 0 fully saturated rings. The van der Waals surface area contributed by atoms with Gasteiger partial charge in [0.1, 0.15) is 17.9 Å². The molecule has 0 saturated carbocycles. The van der Waals surface area contributed by atoms with Crippen LogP contribution in [0.5, 0.6) is 5.75 Å². The second-order valence-electron chi connectivity index (χ2n) is 5.42. The number of hydrogen-bond acceptors (Lipinski definition) is 6. The fraction of sp³-hybridized carbons (Fsp3) is 0.211. The molecule has 0 radical (unpaired) electrons. The zero-order valence-electron chi connectivity index (χ0n) is 13.9. The number of rotatable bonds is 7. The van der Waals surface area contributed by atoms with Crippen LogP contribution in [-0.4, -0.2) is 29.7 Å². The number of fused-ring (bicyclic) bond motifs is 1. The Bertz CT molecular complexity index is 845. The minimum absolute atomic E-state index is 0.222. The monoisotopic (exact) mass is 337 g/mol. The van der Waals surface area contributed by atoms with Gasteiger partial charge < -0.3 is 14.8 Å². The molecule has 0 amide bonds. The molecule has 2 aromatic carbocycles. The van der Waals surface area contributed by atoms with Crippen LogP contribution in [0.15, 0.2) is 54.9 Å². The number of esters is 1. The van der Waals surface area contributed by atoms with E-state index in [2.05, 4.69) is 20.0 Å². The largest absolute Gasteiger partial charge is 0.494 e. The Morgan fingerprint density at radius 3 is 2.68 bits per heavy atom. The molecule has 0 aliphatic carbocycles. The van der Waals surface area contributed by atoms with E-state index in [0.29, 0.717) is 19.4 Å². The third kappa shape index (κ3) is 4.44. The summed E-state index contributed by atoms with van der Waals surface area (Å²) < 4.78 is 10.2. The fourth-order valence-electron chi connectivity index (χ4n) is 2.38. The average molecular weight is 337 g/mol. The van der Waals surface area contributed by atoms with E-state index in [1.807, 2.05) is 48.5 Å². The second kappa shape index (κ2) is 8.10. The molecule has 128 valence electrons. The van der Waals surface area contributed by atoms with Gasteiger partial charge in [0.15, 0.2) is 0 Å². The van der Waals surface area contributed by atoms with Gasteiger partial charge in [-0.1, -0.05) is 12.1 Å². The first-order chi connectivity index (χ1) is 12.3. The Balaban J connectivity index is 1.60. The van der Waals surface area contributed by atoms with Gasteiger partial charge in [-0.2, -0.15) is 0 Å². The molecule has 0 atom stereocenters. The molecule has 0 aliphatic rings. The average Bonchev–Trinajstić information content (AvgIpc) is 2.66. The maximum absolute atomic E-state index is 11.0. The lowest BCUT2D eigenvalue weighted by Gasteiger charge is -2.10. The van der Waals surface area contributed by atoms with Crippen molar-refractivity contribution in [2.24, 2.45) is 0 Å². The Morgan fingerprint density at radius 1 is 1.08 bits per heavy atom. The Morgan fingerprint density at radius 2 is 1.88 bits per heavy atom. The maximum Gasteiger partial charge on any atom is 0.305 e. The highest BCUT2D eigenvalue weighted by molar-refractivity contribution is 5.90. The lowest BCUT2D eigenvalue weighted by atomic mass is 10.2. The summed E-state index contributed by atoms with van der Waals surface area (Å²) in [5.74, 6) is 1.29. The number of hydrogen-bond donors (Lipinski definition) is 1. The van der Waals surface area contributed by atoms with E-state index in [9.17, 15) is 4.79 Å². The van der Waals surface area contributed by atoms with Gasteiger partial charge in [-0.05, 0) is 42.8 Å². The number of carbonyl (C=O) groups excluding carboxylic acids is 1. The number of para-hydroxylation sites is 1. The normalized spacial score (nSPS) is 10.4. The molecule has 0 aliphatic heterocycles. The number of ether oxygens (including phenoxy) is 2. The molecule has 6 nitrogen and oxygen atoms in total. The van der Waals surface area contributed by atoms with Crippen molar-refractivity contribution in [1.29, 1.82) is 0 Å². The first-order valence-corrected chi connectivity index (χ1v) is 8.03. The first kappa shape index (κ1) is 16.7. The van der Waals surface area contributed by atoms with Crippen LogP contribution in [0, 0.1) is 0 Å². The van der Waals surface area contributed by atoms with E-state index in [1.165, 1.54) is 7.11 Å². The van der Waals surface area contributed by atoms with E-state index in [4.69, 9.17) is 4.74 Å². The van der Waals surface area contributed by atoms with Crippen molar-refractivity contribution < 1.29 is 14.3 Å². The predicted octanol–water partition coefficient (Wildman–Crippen LogP) is 3.71. The molecule has 1 aromatic heterocycles. The van der Waals surface area contributed by atoms with E-state index in [0.717, 1.165) is 28.2 Å². The van der Waals surface area contributed by atoms with Crippen molar-refractivity contribution >= 4 is 28.4 Å². The molecule has 3 aromatic rings. The Hall–Kier alpha value is -3.15. The van der Waals surface area contributed by atoms with Crippen LogP contribution >= 0.6 is 0 Å². The topological polar surface area (TPSA) is 73.3 Å². The van der Waals surface area contributed by atoms with E-state index >= 15 is 0 Å². The molecular formula is C19H19N3O3. The van der Waals surface area contributed by atoms with Crippen molar-refractivity contribution in [1.82, 2.24) is 9.97 Å². The Kier molecular flexibility index (Phi) is 5.41. The number of methoxy groups -OCH3 is 1. The maximum atomic E-state index is 11.0. The van der Waals surface area contributed by atoms with E-state index < -0.39 is 0 Å². The molecule has 0 saturated heterocycles. The summed E-state index contributed by atoms with van der Waals surface area (Å²) in [6.07, 6.45) is 2.53. The molecule has 0 spiro atoms. The number of nitrogens with zero attached hydrogens (tertiary/aromatic N) is 2. The quantitative estimate of drug-likeness (QED) is 0.523. The molecular weight excluding hydrogens is 318 g/mol. The van der Waals surface area contributed by atoms with Gasteiger partial charge in [-0.15, -0.1) is 0 Å². The lowest BCUT2D eigenvalue weighted by Crippen LogP contribution is -2.04. The number of anilines is 2. The number of carbonyl (C=O) groups is 1. The Labute approximate surface area is 145 Å². The molecule has 25 heavy (non-hydrogen) atoms. The zero-order valence-corrected chi connectivity index (χ0v) is 13.9. The summed E-state index contributed by atoms with van der Waals surface area (Å²) in [5.41, 5.74) is 1.80. The smallest absolute Gasteiger partial charge is 0.305 e. The van der Waals surface area contributed by atoms with Gasteiger partial charge in [0.2, 0.25) is 0 Å². The van der Waals surface area contributed by atoms with Crippen LogP contribution in [0.1, 0.15) is 12.8 Å². The molecule has 1 N–H and O–H groups in total. The second-order valence-corrected chi connectivity index (χ2v) is 5.42. The van der Waals surface area contributed by atoms with Crippen LogP contribution in [0.4, 0.5) is 11.5 Å². The van der Waals surface area contributed by atoms with Crippen molar-refractivity contribution in [3.63, 3.8) is 0 Å². The van der Waals surface area contributed by atoms with Crippen molar-refractivity contribution in [2.45, 2.75) is 12.8 Å². The summed E-state index contributed by atoms with van der Waals surface area (Å²) in [6.45, 7) is 0.471. The number of aromatic nitrogens is 2. The van der Waals surface area contributed by atoms with Gasteiger partial charge in [0, 0.05) is 17.5 Å². The standard InChI is InChI=1S/C19H19N3O3/c1-24-18(23)7-4-12-25-15-10-8-14(9-11-15)22-19-16-5-2-3-6-17(16)20-13-21-19/h2-3,5-6,8-11,13H,4,7,12H2,1H3,(H,20,21,22). The first-order valence-electron chi connectivity index (χ1n) is 8.03. The fourth-order valence-corrected chi connectivity index (χ4v) is 2.38. The summed E-state index contributed by atoms with van der Waals surface area (Å²) >= 11 is 0. The highest BCUT2D eigenvalue weighted by Crippen LogP contribution is 2.24. The minimum atomic E-state index is -0.222. The van der Waals surface area contributed by atoms with E-state index in [1.54, 1.807) is 6.33 Å². The van der Waals surface area contributed by atoms with Crippen molar-refractivity contribution in [3.8, 4) is 5.75 Å². The SMILES string of the molecule is COC(=O)CCCOc1ccc(Nc2ncnc3ccccc23)cc1. The van der Waals surface area contributed by atoms with Gasteiger partial charge in [-0.3, -0.25) is 4.79 Å². The predicted molar refractivity (Wildman–Crippen MR) is 96.0 cm³/mol. The summed E-state index contributed by atoms with van der Waals surface area (Å²) in [4.78, 5) is 19.6. The third-order valence-electron chi connectivity index (χ3n) is 3.68.